The van der Waals surface area contributed by atoms with Gasteiger partial charge in [0.1, 0.15) is 11.3 Å². The van der Waals surface area contributed by atoms with Gasteiger partial charge in [0, 0.05) is 24.7 Å². The SMILES string of the molecule is COc1cc2c(cc1N)c(=O)n(C)c1cnc(Nc3cccc(CN)c3)nc21. The van der Waals surface area contributed by atoms with Crippen molar-refractivity contribution in [3.8, 4) is 5.75 Å². The van der Waals surface area contributed by atoms with Crippen molar-refractivity contribution in [2.45, 2.75) is 6.54 Å². The van der Waals surface area contributed by atoms with Crippen LogP contribution in [-0.2, 0) is 13.6 Å². The molecule has 0 aliphatic heterocycles. The van der Waals surface area contributed by atoms with E-state index in [1.165, 1.54) is 11.7 Å². The van der Waals surface area contributed by atoms with E-state index in [9.17, 15) is 4.79 Å². The average molecular weight is 376 g/mol. The van der Waals surface area contributed by atoms with Gasteiger partial charge in [-0.3, -0.25) is 4.79 Å². The first-order valence-corrected chi connectivity index (χ1v) is 8.71. The number of fused-ring (bicyclic) bond motifs is 3. The summed E-state index contributed by atoms with van der Waals surface area (Å²) in [6.07, 6.45) is 1.63. The van der Waals surface area contributed by atoms with Crippen LogP contribution in [0.4, 0.5) is 17.3 Å². The lowest BCUT2D eigenvalue weighted by Crippen LogP contribution is -2.18. The number of benzene rings is 2. The zero-order valence-corrected chi connectivity index (χ0v) is 15.6. The van der Waals surface area contributed by atoms with Crippen LogP contribution in [0.1, 0.15) is 5.56 Å². The fraction of sp³-hybridized carbons (Fsp3) is 0.150. The van der Waals surface area contributed by atoms with Crippen molar-refractivity contribution in [1.82, 2.24) is 14.5 Å². The third-order valence-electron chi connectivity index (χ3n) is 4.71. The molecule has 0 bridgehead atoms. The molecule has 0 aliphatic carbocycles. The van der Waals surface area contributed by atoms with Crippen LogP contribution >= 0.6 is 0 Å². The van der Waals surface area contributed by atoms with Gasteiger partial charge in [0.2, 0.25) is 5.95 Å². The van der Waals surface area contributed by atoms with Gasteiger partial charge in [-0.05, 0) is 29.8 Å². The number of ether oxygens (including phenoxy) is 1. The first kappa shape index (κ1) is 17.7. The zero-order chi connectivity index (χ0) is 19.8. The Balaban J connectivity index is 1.93. The topological polar surface area (TPSA) is 121 Å². The number of hydrogen-bond donors (Lipinski definition) is 3. The molecule has 4 rings (SSSR count). The summed E-state index contributed by atoms with van der Waals surface area (Å²) in [6.45, 7) is 0.446. The average Bonchev–Trinajstić information content (AvgIpc) is 2.72. The number of rotatable bonds is 4. The van der Waals surface area contributed by atoms with Gasteiger partial charge >= 0.3 is 0 Å². The molecule has 0 unspecified atom stereocenters. The molecule has 2 aromatic heterocycles. The molecular formula is C20H20N6O2. The normalized spacial score (nSPS) is 11.1. The Bertz CT molecular complexity index is 1270. The second-order valence-corrected chi connectivity index (χ2v) is 6.46. The van der Waals surface area contributed by atoms with Crippen LogP contribution in [0.15, 0.2) is 47.4 Å². The van der Waals surface area contributed by atoms with Crippen LogP contribution < -0.4 is 27.1 Å². The summed E-state index contributed by atoms with van der Waals surface area (Å²) >= 11 is 0. The molecule has 0 amide bonds. The molecule has 8 nitrogen and oxygen atoms in total. The molecule has 0 radical (unpaired) electrons. The maximum Gasteiger partial charge on any atom is 0.258 e. The van der Waals surface area contributed by atoms with Gasteiger partial charge < -0.3 is 26.1 Å². The summed E-state index contributed by atoms with van der Waals surface area (Å²) in [4.78, 5) is 21.7. The van der Waals surface area contributed by atoms with Crippen molar-refractivity contribution in [3.63, 3.8) is 0 Å². The highest BCUT2D eigenvalue weighted by molar-refractivity contribution is 6.05. The van der Waals surface area contributed by atoms with Crippen molar-refractivity contribution in [2.75, 3.05) is 18.2 Å². The van der Waals surface area contributed by atoms with Gasteiger partial charge in [-0.1, -0.05) is 12.1 Å². The summed E-state index contributed by atoms with van der Waals surface area (Å²) in [5, 5.41) is 4.32. The highest BCUT2D eigenvalue weighted by Crippen LogP contribution is 2.30. The Morgan fingerprint density at radius 3 is 2.79 bits per heavy atom. The van der Waals surface area contributed by atoms with Crippen molar-refractivity contribution in [2.24, 2.45) is 12.8 Å². The molecule has 8 heteroatoms. The number of nitrogens with two attached hydrogens (primary N) is 2. The molecule has 0 atom stereocenters. The number of nitrogens with one attached hydrogen (secondary N) is 1. The number of aryl methyl sites for hydroxylation is 1. The highest BCUT2D eigenvalue weighted by atomic mass is 16.5. The maximum absolute atomic E-state index is 12.7. The quantitative estimate of drug-likeness (QED) is 0.369. The van der Waals surface area contributed by atoms with Crippen LogP contribution in [-0.4, -0.2) is 21.6 Å². The van der Waals surface area contributed by atoms with E-state index in [0.717, 1.165) is 11.3 Å². The summed E-state index contributed by atoms with van der Waals surface area (Å²) in [7, 11) is 3.22. The Morgan fingerprint density at radius 2 is 2.04 bits per heavy atom. The number of pyridine rings is 1. The highest BCUT2D eigenvalue weighted by Gasteiger charge is 2.14. The predicted octanol–water partition coefficient (Wildman–Crippen LogP) is 2.27. The number of nitrogen functional groups attached to an aromatic ring is 1. The summed E-state index contributed by atoms with van der Waals surface area (Å²) in [5.74, 6) is 0.906. The summed E-state index contributed by atoms with van der Waals surface area (Å²) in [6, 6.07) is 11.1. The standard InChI is InChI=1S/C20H20N6O2/c1-26-16-10-23-20(24-12-5-3-4-11(6-12)9-21)25-18(16)13-8-17(28-2)15(22)7-14(13)19(26)27/h3-8,10H,9,21-22H2,1-2H3,(H,23,24,25). The lowest BCUT2D eigenvalue weighted by Gasteiger charge is -2.12. The number of anilines is 3. The molecule has 0 spiro atoms. The molecule has 0 fully saturated rings. The fourth-order valence-electron chi connectivity index (χ4n) is 3.22. The van der Waals surface area contributed by atoms with Crippen LogP contribution in [0, 0.1) is 0 Å². The lowest BCUT2D eigenvalue weighted by atomic mass is 10.1. The number of hydrogen-bond acceptors (Lipinski definition) is 7. The first-order valence-electron chi connectivity index (χ1n) is 8.71. The third kappa shape index (κ3) is 2.89. The Kier molecular flexibility index (Phi) is 4.32. The van der Waals surface area contributed by atoms with E-state index in [1.54, 1.807) is 25.4 Å². The smallest absolute Gasteiger partial charge is 0.258 e. The first-order chi connectivity index (χ1) is 13.5. The van der Waals surface area contributed by atoms with Crippen molar-refractivity contribution < 1.29 is 4.74 Å². The molecule has 2 heterocycles. The Hall–Kier alpha value is -3.65. The molecule has 0 aliphatic rings. The van der Waals surface area contributed by atoms with E-state index >= 15 is 0 Å². The van der Waals surface area contributed by atoms with E-state index < -0.39 is 0 Å². The second-order valence-electron chi connectivity index (χ2n) is 6.46. The molecule has 5 N–H and O–H groups in total. The Labute approximate surface area is 160 Å². The fourth-order valence-corrected chi connectivity index (χ4v) is 3.22. The minimum absolute atomic E-state index is 0.170. The molecular weight excluding hydrogens is 356 g/mol. The molecule has 4 aromatic rings. The molecule has 0 saturated heterocycles. The monoisotopic (exact) mass is 376 g/mol. The van der Waals surface area contributed by atoms with Crippen LogP contribution in [0.5, 0.6) is 5.75 Å². The Morgan fingerprint density at radius 1 is 1.21 bits per heavy atom. The minimum atomic E-state index is -0.170. The van der Waals surface area contributed by atoms with Gasteiger partial charge in [-0.25, -0.2) is 9.97 Å². The largest absolute Gasteiger partial charge is 0.495 e. The number of aromatic nitrogens is 3. The van der Waals surface area contributed by atoms with Crippen molar-refractivity contribution in [1.29, 1.82) is 0 Å². The van der Waals surface area contributed by atoms with Gasteiger partial charge in [-0.15, -0.1) is 0 Å². The number of nitrogens with zero attached hydrogens (tertiary/aromatic N) is 3. The van der Waals surface area contributed by atoms with Crippen LogP contribution in [0.2, 0.25) is 0 Å². The second kappa shape index (κ2) is 6.82. The van der Waals surface area contributed by atoms with Gasteiger partial charge in [0.15, 0.2) is 0 Å². The van der Waals surface area contributed by atoms with E-state index in [4.69, 9.17) is 16.2 Å². The van der Waals surface area contributed by atoms with Gasteiger partial charge in [0.05, 0.1) is 29.9 Å². The van der Waals surface area contributed by atoms with Crippen LogP contribution in [0.3, 0.4) is 0 Å². The van der Waals surface area contributed by atoms with Crippen LogP contribution in [0.25, 0.3) is 21.8 Å². The zero-order valence-electron chi connectivity index (χ0n) is 15.6. The van der Waals surface area contributed by atoms with Gasteiger partial charge in [-0.2, -0.15) is 0 Å². The lowest BCUT2D eigenvalue weighted by molar-refractivity contribution is 0.417. The molecule has 2 aromatic carbocycles. The predicted molar refractivity (Wildman–Crippen MR) is 111 cm³/mol. The van der Waals surface area contributed by atoms with E-state index in [1.807, 2.05) is 24.3 Å². The van der Waals surface area contributed by atoms with Gasteiger partial charge in [0.25, 0.3) is 5.56 Å². The van der Waals surface area contributed by atoms with E-state index in [2.05, 4.69) is 15.3 Å². The van der Waals surface area contributed by atoms with E-state index in [0.29, 0.717) is 45.7 Å². The minimum Gasteiger partial charge on any atom is -0.495 e. The molecule has 28 heavy (non-hydrogen) atoms. The molecule has 142 valence electrons. The van der Waals surface area contributed by atoms with Crippen molar-refractivity contribution >= 4 is 39.1 Å². The summed E-state index contributed by atoms with van der Waals surface area (Å²) < 4.78 is 6.84. The molecule has 0 saturated carbocycles. The summed E-state index contributed by atoms with van der Waals surface area (Å²) in [5.41, 5.74) is 15.0. The van der Waals surface area contributed by atoms with E-state index in [-0.39, 0.29) is 5.56 Å². The number of methoxy groups -OCH3 is 1. The maximum atomic E-state index is 12.7. The third-order valence-corrected chi connectivity index (χ3v) is 4.71. The van der Waals surface area contributed by atoms with Crippen molar-refractivity contribution in [3.05, 3.63) is 58.5 Å².